The molecule has 1 atom stereocenters. The Balaban J connectivity index is 1.96. The maximum absolute atomic E-state index is 12.3. The third-order valence-electron chi connectivity index (χ3n) is 3.93. The van der Waals surface area contributed by atoms with Crippen molar-refractivity contribution in [3.63, 3.8) is 0 Å². The Bertz CT molecular complexity index is 569. The summed E-state index contributed by atoms with van der Waals surface area (Å²) in [6.45, 7) is 0.837. The Kier molecular flexibility index (Phi) is 6.16. The number of carbonyl (C=O) groups is 1. The second-order valence-corrected chi connectivity index (χ2v) is 5.50. The van der Waals surface area contributed by atoms with E-state index >= 15 is 0 Å². The van der Waals surface area contributed by atoms with Crippen molar-refractivity contribution < 1.29 is 9.90 Å². The average Bonchev–Trinajstić information content (AvgIpc) is 2.59. The Morgan fingerprint density at radius 1 is 1.00 bits per heavy atom. The van der Waals surface area contributed by atoms with E-state index in [2.05, 4.69) is 12.1 Å². The number of hydrogen-bond donors (Lipinski definition) is 1. The zero-order chi connectivity index (χ0) is 15.8. The molecule has 0 heterocycles. The molecule has 3 nitrogen and oxygen atoms in total. The van der Waals surface area contributed by atoms with Crippen molar-refractivity contribution in [2.45, 2.75) is 18.8 Å². The minimum Gasteiger partial charge on any atom is -0.396 e. The van der Waals surface area contributed by atoms with E-state index in [-0.39, 0.29) is 18.4 Å². The van der Waals surface area contributed by atoms with E-state index in [4.69, 9.17) is 0 Å². The Hall–Kier alpha value is -2.13. The molecule has 1 unspecified atom stereocenters. The summed E-state index contributed by atoms with van der Waals surface area (Å²) < 4.78 is 0. The lowest BCUT2D eigenvalue weighted by Gasteiger charge is -2.22. The number of hydrogen-bond acceptors (Lipinski definition) is 2. The zero-order valence-corrected chi connectivity index (χ0v) is 13.0. The van der Waals surface area contributed by atoms with Crippen LogP contribution in [0.5, 0.6) is 0 Å². The summed E-state index contributed by atoms with van der Waals surface area (Å²) in [6, 6.07) is 19.5. The fourth-order valence-corrected chi connectivity index (χ4v) is 2.61. The third kappa shape index (κ3) is 4.43. The molecule has 0 spiro atoms. The van der Waals surface area contributed by atoms with Crippen molar-refractivity contribution >= 4 is 5.91 Å². The number of aliphatic hydroxyl groups excluding tert-OH is 1. The average molecular weight is 297 g/mol. The highest BCUT2D eigenvalue weighted by atomic mass is 16.3. The molecule has 0 saturated heterocycles. The predicted octanol–water partition coefficient (Wildman–Crippen LogP) is 3.31. The van der Waals surface area contributed by atoms with Gasteiger partial charge in [-0.15, -0.1) is 0 Å². The first-order valence-electron chi connectivity index (χ1n) is 7.68. The van der Waals surface area contributed by atoms with Gasteiger partial charge in [0, 0.05) is 25.8 Å². The van der Waals surface area contributed by atoms with Crippen LogP contribution in [-0.4, -0.2) is 36.1 Å². The molecule has 0 radical (unpaired) electrons. The number of rotatable bonds is 7. The van der Waals surface area contributed by atoms with Gasteiger partial charge in [0.1, 0.15) is 0 Å². The molecule has 2 aromatic carbocycles. The molecule has 0 aliphatic heterocycles. The van der Waals surface area contributed by atoms with Crippen LogP contribution in [0.2, 0.25) is 0 Å². The first-order valence-corrected chi connectivity index (χ1v) is 7.68. The van der Waals surface area contributed by atoms with Gasteiger partial charge in [-0.2, -0.15) is 0 Å². The lowest BCUT2D eigenvalue weighted by molar-refractivity contribution is 0.0790. The van der Waals surface area contributed by atoms with Crippen molar-refractivity contribution in [2.75, 3.05) is 20.2 Å². The predicted molar refractivity (Wildman–Crippen MR) is 88.9 cm³/mol. The molecule has 2 aromatic rings. The SMILES string of the molecule is CN(CCC(CCO)c1ccccc1)C(=O)c1ccccc1. The van der Waals surface area contributed by atoms with Crippen LogP contribution in [0.15, 0.2) is 60.7 Å². The van der Waals surface area contributed by atoms with Crippen LogP contribution in [0.25, 0.3) is 0 Å². The van der Waals surface area contributed by atoms with Gasteiger partial charge in [-0.3, -0.25) is 4.79 Å². The number of amides is 1. The molecule has 0 saturated carbocycles. The smallest absolute Gasteiger partial charge is 0.253 e. The van der Waals surface area contributed by atoms with Crippen LogP contribution in [0.4, 0.5) is 0 Å². The fraction of sp³-hybridized carbons (Fsp3) is 0.316. The van der Waals surface area contributed by atoms with Gasteiger partial charge in [0.2, 0.25) is 0 Å². The van der Waals surface area contributed by atoms with Crippen LogP contribution in [0, 0.1) is 0 Å². The van der Waals surface area contributed by atoms with Gasteiger partial charge >= 0.3 is 0 Å². The Labute approximate surface area is 132 Å². The summed E-state index contributed by atoms with van der Waals surface area (Å²) in [5.41, 5.74) is 1.93. The van der Waals surface area contributed by atoms with Crippen LogP contribution >= 0.6 is 0 Å². The molecule has 0 bridgehead atoms. The van der Waals surface area contributed by atoms with E-state index < -0.39 is 0 Å². The summed E-state index contributed by atoms with van der Waals surface area (Å²) in [7, 11) is 1.83. The molecule has 0 aliphatic rings. The highest BCUT2D eigenvalue weighted by Gasteiger charge is 2.15. The molecule has 3 heteroatoms. The van der Waals surface area contributed by atoms with Crippen molar-refractivity contribution in [2.24, 2.45) is 0 Å². The molecule has 1 amide bonds. The normalized spacial score (nSPS) is 11.9. The number of nitrogens with zero attached hydrogens (tertiary/aromatic N) is 1. The third-order valence-corrected chi connectivity index (χ3v) is 3.93. The van der Waals surface area contributed by atoms with Gasteiger partial charge in [-0.25, -0.2) is 0 Å². The first-order chi connectivity index (χ1) is 10.7. The largest absolute Gasteiger partial charge is 0.396 e. The van der Waals surface area contributed by atoms with Gasteiger partial charge in [0.25, 0.3) is 5.91 Å². The fourth-order valence-electron chi connectivity index (χ4n) is 2.61. The van der Waals surface area contributed by atoms with E-state index in [9.17, 15) is 9.90 Å². The molecule has 2 rings (SSSR count). The van der Waals surface area contributed by atoms with Gasteiger partial charge in [-0.05, 0) is 36.5 Å². The first kappa shape index (κ1) is 16.2. The van der Waals surface area contributed by atoms with Crippen LogP contribution in [0.3, 0.4) is 0 Å². The van der Waals surface area contributed by atoms with Crippen molar-refractivity contribution in [3.05, 3.63) is 71.8 Å². The van der Waals surface area contributed by atoms with Crippen molar-refractivity contribution in [1.82, 2.24) is 4.90 Å². The molecule has 0 aliphatic carbocycles. The van der Waals surface area contributed by atoms with E-state index in [1.807, 2.05) is 55.6 Å². The molecule has 22 heavy (non-hydrogen) atoms. The quantitative estimate of drug-likeness (QED) is 0.851. The number of benzene rings is 2. The molecular weight excluding hydrogens is 274 g/mol. The summed E-state index contributed by atoms with van der Waals surface area (Å²) in [5.74, 6) is 0.314. The standard InChI is InChI=1S/C19H23NO2/c1-20(19(22)18-10-6-3-7-11-18)14-12-17(13-15-21)16-8-4-2-5-9-16/h2-11,17,21H,12-15H2,1H3. The van der Waals surface area contributed by atoms with Crippen LogP contribution in [-0.2, 0) is 0 Å². The van der Waals surface area contributed by atoms with Gasteiger partial charge < -0.3 is 10.0 Å². The van der Waals surface area contributed by atoms with E-state index in [1.54, 1.807) is 4.90 Å². The Morgan fingerprint density at radius 2 is 1.59 bits per heavy atom. The van der Waals surface area contributed by atoms with Gasteiger partial charge in [-0.1, -0.05) is 48.5 Å². The van der Waals surface area contributed by atoms with E-state index in [0.717, 1.165) is 12.8 Å². The monoisotopic (exact) mass is 297 g/mol. The van der Waals surface area contributed by atoms with Gasteiger partial charge in [0.05, 0.1) is 0 Å². The molecule has 116 valence electrons. The van der Waals surface area contributed by atoms with Gasteiger partial charge in [0.15, 0.2) is 0 Å². The van der Waals surface area contributed by atoms with Crippen LogP contribution in [0.1, 0.15) is 34.7 Å². The summed E-state index contributed by atoms with van der Waals surface area (Å²) in [6.07, 6.45) is 1.57. The second kappa shape index (κ2) is 8.35. The summed E-state index contributed by atoms with van der Waals surface area (Å²) in [4.78, 5) is 14.1. The molecular formula is C19H23NO2. The molecule has 0 aromatic heterocycles. The topological polar surface area (TPSA) is 40.5 Å². The minimum atomic E-state index is 0.0383. The zero-order valence-electron chi connectivity index (χ0n) is 13.0. The van der Waals surface area contributed by atoms with Crippen molar-refractivity contribution in [3.8, 4) is 0 Å². The lowest BCUT2D eigenvalue weighted by Crippen LogP contribution is -2.28. The van der Waals surface area contributed by atoms with Crippen LogP contribution < -0.4 is 0 Å². The molecule has 0 fully saturated rings. The minimum absolute atomic E-state index is 0.0383. The van der Waals surface area contributed by atoms with Crippen molar-refractivity contribution in [1.29, 1.82) is 0 Å². The highest BCUT2D eigenvalue weighted by molar-refractivity contribution is 5.93. The Morgan fingerprint density at radius 3 is 2.18 bits per heavy atom. The lowest BCUT2D eigenvalue weighted by atomic mass is 9.92. The summed E-state index contributed by atoms with van der Waals surface area (Å²) in [5, 5.41) is 9.27. The van der Waals surface area contributed by atoms with E-state index in [1.165, 1.54) is 5.56 Å². The summed E-state index contributed by atoms with van der Waals surface area (Å²) >= 11 is 0. The maximum atomic E-state index is 12.3. The number of aliphatic hydroxyl groups is 1. The second-order valence-electron chi connectivity index (χ2n) is 5.50. The van der Waals surface area contributed by atoms with E-state index in [0.29, 0.717) is 12.1 Å². The molecule has 1 N–H and O–H groups in total. The highest BCUT2D eigenvalue weighted by Crippen LogP contribution is 2.23. The maximum Gasteiger partial charge on any atom is 0.253 e. The number of carbonyl (C=O) groups excluding carboxylic acids is 1.